The van der Waals surface area contributed by atoms with Crippen molar-refractivity contribution < 1.29 is 14.3 Å². The molecule has 1 amide bonds. The number of nitrogens with one attached hydrogen (secondary N) is 1. The molecule has 20 heavy (non-hydrogen) atoms. The Hall–Kier alpha value is -2.62. The molecule has 4 nitrogen and oxygen atoms in total. The Morgan fingerprint density at radius 3 is 2.25 bits per heavy atom. The van der Waals surface area contributed by atoms with Gasteiger partial charge in [0.1, 0.15) is 5.75 Å². The number of benzene rings is 2. The molecule has 0 aliphatic carbocycles. The van der Waals surface area contributed by atoms with Crippen molar-refractivity contribution in [3.05, 3.63) is 65.7 Å². The van der Waals surface area contributed by atoms with Crippen LogP contribution in [0.25, 0.3) is 0 Å². The van der Waals surface area contributed by atoms with Gasteiger partial charge >= 0.3 is 0 Å². The summed E-state index contributed by atoms with van der Waals surface area (Å²) in [6.07, 6.45) is 0. The first kappa shape index (κ1) is 13.8. The van der Waals surface area contributed by atoms with Crippen LogP contribution in [0.15, 0.2) is 54.6 Å². The van der Waals surface area contributed by atoms with Crippen molar-refractivity contribution in [3.8, 4) is 5.75 Å². The summed E-state index contributed by atoms with van der Waals surface area (Å²) < 4.78 is 5.00. The first-order valence-corrected chi connectivity index (χ1v) is 6.21. The summed E-state index contributed by atoms with van der Waals surface area (Å²) in [4.78, 5) is 23.7. The van der Waals surface area contributed by atoms with Crippen LogP contribution in [-0.2, 0) is 11.3 Å². The molecule has 0 spiro atoms. The topological polar surface area (TPSA) is 55.4 Å². The minimum absolute atomic E-state index is 0.335. The number of rotatable bonds is 5. The number of ether oxygens (including phenoxy) is 1. The average molecular weight is 269 g/mol. The van der Waals surface area contributed by atoms with E-state index < -0.39 is 11.7 Å². The van der Waals surface area contributed by atoms with Gasteiger partial charge in [-0.2, -0.15) is 0 Å². The van der Waals surface area contributed by atoms with Gasteiger partial charge in [-0.05, 0) is 29.8 Å². The van der Waals surface area contributed by atoms with Crippen molar-refractivity contribution in [2.75, 3.05) is 7.11 Å². The number of carbonyl (C=O) groups excluding carboxylic acids is 2. The van der Waals surface area contributed by atoms with E-state index >= 15 is 0 Å². The Morgan fingerprint density at radius 2 is 1.65 bits per heavy atom. The normalized spacial score (nSPS) is 9.85. The van der Waals surface area contributed by atoms with Crippen molar-refractivity contribution in [2.45, 2.75) is 6.54 Å². The van der Waals surface area contributed by atoms with Gasteiger partial charge in [-0.25, -0.2) is 0 Å². The van der Waals surface area contributed by atoms with E-state index in [1.54, 1.807) is 31.4 Å². The quantitative estimate of drug-likeness (QED) is 0.668. The molecule has 2 aromatic carbocycles. The van der Waals surface area contributed by atoms with E-state index in [0.29, 0.717) is 17.9 Å². The summed E-state index contributed by atoms with van der Waals surface area (Å²) >= 11 is 0. The molecule has 0 saturated carbocycles. The molecule has 0 heterocycles. The maximum atomic E-state index is 11.9. The van der Waals surface area contributed by atoms with E-state index in [4.69, 9.17) is 4.74 Å². The van der Waals surface area contributed by atoms with Crippen LogP contribution >= 0.6 is 0 Å². The molecule has 2 aromatic rings. The lowest BCUT2D eigenvalue weighted by Crippen LogP contribution is -2.30. The fraction of sp³-hybridized carbons (Fsp3) is 0.125. The second kappa shape index (κ2) is 6.52. The third kappa shape index (κ3) is 3.45. The Labute approximate surface area is 117 Å². The van der Waals surface area contributed by atoms with Crippen LogP contribution in [-0.4, -0.2) is 18.8 Å². The third-order valence-electron chi connectivity index (χ3n) is 2.85. The molecule has 0 bridgehead atoms. The molecule has 0 saturated heterocycles. The van der Waals surface area contributed by atoms with E-state index in [9.17, 15) is 9.59 Å². The van der Waals surface area contributed by atoms with E-state index in [-0.39, 0.29) is 0 Å². The van der Waals surface area contributed by atoms with Crippen LogP contribution in [0.1, 0.15) is 15.9 Å². The Bertz CT molecular complexity index is 591. The van der Waals surface area contributed by atoms with Crippen molar-refractivity contribution in [2.24, 2.45) is 0 Å². The van der Waals surface area contributed by atoms with Gasteiger partial charge in [0, 0.05) is 12.1 Å². The highest BCUT2D eigenvalue weighted by molar-refractivity contribution is 6.42. The van der Waals surface area contributed by atoms with Crippen molar-refractivity contribution in [3.63, 3.8) is 0 Å². The Morgan fingerprint density at radius 1 is 1.00 bits per heavy atom. The van der Waals surface area contributed by atoms with Crippen molar-refractivity contribution in [1.82, 2.24) is 5.32 Å². The number of Topliss-reactive ketones (excluding diaryl/α,β-unsaturated/α-hetero) is 1. The predicted molar refractivity (Wildman–Crippen MR) is 75.6 cm³/mol. The molecule has 0 aliphatic heterocycles. The summed E-state index contributed by atoms with van der Waals surface area (Å²) in [6, 6.07) is 15.9. The fourth-order valence-electron chi connectivity index (χ4n) is 1.73. The lowest BCUT2D eigenvalue weighted by molar-refractivity contribution is -0.117. The summed E-state index contributed by atoms with van der Waals surface area (Å²) in [5.74, 6) is -0.520. The molecule has 0 unspecified atom stereocenters. The molecule has 0 radical (unpaired) electrons. The summed E-state index contributed by atoms with van der Waals surface area (Å²) in [6.45, 7) is 0.335. The Kier molecular flexibility index (Phi) is 4.50. The maximum absolute atomic E-state index is 11.9. The third-order valence-corrected chi connectivity index (χ3v) is 2.85. The van der Waals surface area contributed by atoms with Crippen molar-refractivity contribution >= 4 is 11.7 Å². The first-order chi connectivity index (χ1) is 9.70. The lowest BCUT2D eigenvalue weighted by atomic mass is 10.1. The highest BCUT2D eigenvalue weighted by Gasteiger charge is 2.15. The van der Waals surface area contributed by atoms with Crippen molar-refractivity contribution in [1.29, 1.82) is 0 Å². The van der Waals surface area contributed by atoms with Gasteiger partial charge in [0.2, 0.25) is 5.78 Å². The second-order valence-electron chi connectivity index (χ2n) is 4.23. The number of hydrogen-bond donors (Lipinski definition) is 1. The maximum Gasteiger partial charge on any atom is 0.292 e. The largest absolute Gasteiger partial charge is 0.497 e. The van der Waals surface area contributed by atoms with Gasteiger partial charge < -0.3 is 10.1 Å². The molecule has 0 aromatic heterocycles. The highest BCUT2D eigenvalue weighted by Crippen LogP contribution is 2.11. The molecule has 0 atom stereocenters. The summed E-state index contributed by atoms with van der Waals surface area (Å²) in [5.41, 5.74) is 1.29. The van der Waals surface area contributed by atoms with E-state index in [1.165, 1.54) is 0 Å². The molecule has 1 N–H and O–H groups in total. The Balaban J connectivity index is 1.96. The van der Waals surface area contributed by atoms with Gasteiger partial charge in [0.15, 0.2) is 0 Å². The first-order valence-electron chi connectivity index (χ1n) is 6.21. The van der Waals surface area contributed by atoms with Crippen LogP contribution in [0.4, 0.5) is 0 Å². The van der Waals surface area contributed by atoms with E-state index in [0.717, 1.165) is 5.56 Å². The van der Waals surface area contributed by atoms with E-state index in [2.05, 4.69) is 5.32 Å². The molecule has 0 aliphatic rings. The number of methoxy groups -OCH3 is 1. The SMILES string of the molecule is COc1ccc(C(=O)C(=O)NCc2ccccc2)cc1. The zero-order valence-electron chi connectivity index (χ0n) is 11.1. The van der Waals surface area contributed by atoms with Gasteiger partial charge in [0.05, 0.1) is 7.11 Å². The summed E-state index contributed by atoms with van der Waals surface area (Å²) in [7, 11) is 1.55. The zero-order chi connectivity index (χ0) is 14.4. The lowest BCUT2D eigenvalue weighted by Gasteiger charge is -2.05. The van der Waals surface area contributed by atoms with Gasteiger partial charge in [-0.15, -0.1) is 0 Å². The van der Waals surface area contributed by atoms with Gasteiger partial charge in [-0.3, -0.25) is 9.59 Å². The van der Waals surface area contributed by atoms with Crippen LogP contribution in [0.5, 0.6) is 5.75 Å². The number of carbonyl (C=O) groups is 2. The number of hydrogen-bond acceptors (Lipinski definition) is 3. The van der Waals surface area contributed by atoms with E-state index in [1.807, 2.05) is 30.3 Å². The molecule has 0 fully saturated rings. The molecular formula is C16H15NO3. The second-order valence-corrected chi connectivity index (χ2v) is 4.23. The number of amides is 1. The average Bonchev–Trinajstić information content (AvgIpc) is 2.53. The van der Waals surface area contributed by atoms with Gasteiger partial charge in [0.25, 0.3) is 5.91 Å². The predicted octanol–water partition coefficient (Wildman–Crippen LogP) is 2.19. The zero-order valence-corrected chi connectivity index (χ0v) is 11.1. The molecule has 102 valence electrons. The minimum Gasteiger partial charge on any atom is -0.497 e. The fourth-order valence-corrected chi connectivity index (χ4v) is 1.73. The van der Waals surface area contributed by atoms with Crippen LogP contribution < -0.4 is 10.1 Å². The van der Waals surface area contributed by atoms with Crippen LogP contribution in [0, 0.1) is 0 Å². The molecule has 4 heteroatoms. The van der Waals surface area contributed by atoms with Gasteiger partial charge in [-0.1, -0.05) is 30.3 Å². The smallest absolute Gasteiger partial charge is 0.292 e. The minimum atomic E-state index is -0.612. The monoisotopic (exact) mass is 269 g/mol. The van der Waals surface area contributed by atoms with Crippen LogP contribution in [0.2, 0.25) is 0 Å². The molecule has 2 rings (SSSR count). The van der Waals surface area contributed by atoms with Crippen LogP contribution in [0.3, 0.4) is 0 Å². The molecular weight excluding hydrogens is 254 g/mol. The number of ketones is 1. The highest BCUT2D eigenvalue weighted by atomic mass is 16.5. The standard InChI is InChI=1S/C16H15NO3/c1-20-14-9-7-13(8-10-14)15(18)16(19)17-11-12-5-3-2-4-6-12/h2-10H,11H2,1H3,(H,17,19). The summed E-state index contributed by atoms with van der Waals surface area (Å²) in [5, 5.41) is 2.61.